The van der Waals surface area contributed by atoms with E-state index in [0.29, 0.717) is 11.8 Å². The third-order valence-corrected chi connectivity index (χ3v) is 2.16. The lowest BCUT2D eigenvalue weighted by molar-refractivity contribution is -0.384. The number of hydrogen-bond donors (Lipinski definition) is 1. The van der Waals surface area contributed by atoms with Gasteiger partial charge in [0.05, 0.1) is 11.0 Å². The predicted octanol–water partition coefficient (Wildman–Crippen LogP) is 1.46. The van der Waals surface area contributed by atoms with Gasteiger partial charge in [-0.05, 0) is 17.7 Å². The Hall–Kier alpha value is -1.75. The van der Waals surface area contributed by atoms with Gasteiger partial charge in [0.25, 0.3) is 5.69 Å². The number of aliphatic hydroxyl groups is 1. The number of nitro benzene ring substituents is 1. The first-order valence-corrected chi connectivity index (χ1v) is 4.44. The fourth-order valence-electron chi connectivity index (χ4n) is 1.17. The number of carbonyl (C=O) groups excluding carboxylic acids is 1. The molecule has 1 aromatic carbocycles. The van der Waals surface area contributed by atoms with Crippen molar-refractivity contribution < 1.29 is 14.8 Å². The Kier molecular flexibility index (Phi) is 3.51. The molecular weight excluding hydrogens is 198 g/mol. The minimum atomic E-state index is -0.914. The molecule has 0 bridgehead atoms. The van der Waals surface area contributed by atoms with Gasteiger partial charge in [0.15, 0.2) is 0 Å². The van der Waals surface area contributed by atoms with Crippen LogP contribution in [-0.2, 0) is 4.79 Å². The Morgan fingerprint density at radius 3 is 2.33 bits per heavy atom. The van der Waals surface area contributed by atoms with Gasteiger partial charge in [-0.2, -0.15) is 0 Å². The average molecular weight is 209 g/mol. The maximum atomic E-state index is 10.4. The number of nitro groups is 1. The van der Waals surface area contributed by atoms with E-state index in [-0.39, 0.29) is 5.69 Å². The van der Waals surface area contributed by atoms with Crippen molar-refractivity contribution in [1.82, 2.24) is 0 Å². The molecule has 80 valence electrons. The van der Waals surface area contributed by atoms with Crippen LogP contribution in [0.25, 0.3) is 0 Å². The molecule has 1 N–H and O–H groups in total. The molecule has 5 nitrogen and oxygen atoms in total. The maximum absolute atomic E-state index is 10.4. The van der Waals surface area contributed by atoms with Crippen LogP contribution in [0.4, 0.5) is 5.69 Å². The number of non-ortho nitro benzene ring substituents is 1. The smallest absolute Gasteiger partial charge is 0.269 e. The summed E-state index contributed by atoms with van der Waals surface area (Å²) in [7, 11) is 0. The molecule has 0 aliphatic heterocycles. The molecule has 5 heteroatoms. The van der Waals surface area contributed by atoms with E-state index < -0.39 is 16.9 Å². The van der Waals surface area contributed by atoms with Crippen LogP contribution in [-0.4, -0.2) is 16.3 Å². The molecule has 0 unspecified atom stereocenters. The van der Waals surface area contributed by atoms with Crippen LogP contribution < -0.4 is 0 Å². The molecule has 0 heterocycles. The van der Waals surface area contributed by atoms with Crippen molar-refractivity contribution in [2.45, 2.75) is 13.0 Å². The minimum Gasteiger partial charge on any atom is -0.388 e. The van der Waals surface area contributed by atoms with Gasteiger partial charge in [-0.25, -0.2) is 0 Å². The third kappa shape index (κ3) is 2.60. The van der Waals surface area contributed by atoms with E-state index in [1.54, 1.807) is 6.92 Å². The SMILES string of the molecule is C[C@@H](C=O)[C@@H](O)c1ccc([N+](=O)[O-])cc1. The number of hydrogen-bond acceptors (Lipinski definition) is 4. The number of benzene rings is 1. The molecule has 0 aliphatic carbocycles. The highest BCUT2D eigenvalue weighted by atomic mass is 16.6. The monoisotopic (exact) mass is 209 g/mol. The zero-order valence-corrected chi connectivity index (χ0v) is 8.16. The summed E-state index contributed by atoms with van der Waals surface area (Å²) in [5.41, 5.74) is 0.463. The zero-order chi connectivity index (χ0) is 11.4. The number of nitrogens with zero attached hydrogens (tertiary/aromatic N) is 1. The largest absolute Gasteiger partial charge is 0.388 e. The van der Waals surface area contributed by atoms with Gasteiger partial charge >= 0.3 is 0 Å². The van der Waals surface area contributed by atoms with Crippen molar-refractivity contribution in [3.8, 4) is 0 Å². The number of aldehydes is 1. The zero-order valence-electron chi connectivity index (χ0n) is 8.16. The van der Waals surface area contributed by atoms with Crippen LogP contribution >= 0.6 is 0 Å². The van der Waals surface area contributed by atoms with Crippen molar-refractivity contribution in [2.75, 3.05) is 0 Å². The number of aliphatic hydroxyl groups excluding tert-OH is 1. The van der Waals surface area contributed by atoms with Crippen LogP contribution in [0.1, 0.15) is 18.6 Å². The van der Waals surface area contributed by atoms with Crippen LogP contribution in [0.2, 0.25) is 0 Å². The van der Waals surface area contributed by atoms with E-state index in [1.165, 1.54) is 24.3 Å². The standard InChI is InChI=1S/C10H11NO4/c1-7(6-12)10(13)8-2-4-9(5-3-8)11(14)15/h2-7,10,13H,1H3/t7-,10+/m0/s1. The summed E-state index contributed by atoms with van der Waals surface area (Å²) in [5.74, 6) is -0.522. The summed E-state index contributed by atoms with van der Waals surface area (Å²) < 4.78 is 0. The Bertz CT molecular complexity index is 360. The van der Waals surface area contributed by atoms with Crippen LogP contribution in [0.5, 0.6) is 0 Å². The molecule has 0 radical (unpaired) electrons. The van der Waals surface area contributed by atoms with Crippen LogP contribution in [0.3, 0.4) is 0 Å². The summed E-state index contributed by atoms with van der Waals surface area (Å²) in [6, 6.07) is 5.50. The van der Waals surface area contributed by atoms with Gasteiger partial charge in [-0.3, -0.25) is 10.1 Å². The molecule has 2 atom stereocenters. The molecular formula is C10H11NO4. The lowest BCUT2D eigenvalue weighted by Crippen LogP contribution is -2.10. The molecule has 0 aliphatic rings. The molecule has 0 saturated heterocycles. The molecule has 15 heavy (non-hydrogen) atoms. The van der Waals surface area contributed by atoms with Crippen molar-refractivity contribution in [3.63, 3.8) is 0 Å². The quantitative estimate of drug-likeness (QED) is 0.462. The van der Waals surface area contributed by atoms with E-state index in [1.807, 2.05) is 0 Å². The third-order valence-electron chi connectivity index (χ3n) is 2.16. The van der Waals surface area contributed by atoms with E-state index in [9.17, 15) is 20.0 Å². The Morgan fingerprint density at radius 1 is 1.40 bits per heavy atom. The Labute approximate surface area is 86.5 Å². The summed E-state index contributed by atoms with van der Waals surface area (Å²) >= 11 is 0. The molecule has 0 aromatic heterocycles. The summed E-state index contributed by atoms with van der Waals surface area (Å²) in [6.45, 7) is 1.58. The average Bonchev–Trinajstić information content (AvgIpc) is 2.27. The molecule has 0 saturated carbocycles. The highest BCUT2D eigenvalue weighted by molar-refractivity contribution is 5.54. The number of rotatable bonds is 4. The van der Waals surface area contributed by atoms with E-state index >= 15 is 0 Å². The van der Waals surface area contributed by atoms with Crippen molar-refractivity contribution in [2.24, 2.45) is 5.92 Å². The van der Waals surface area contributed by atoms with E-state index in [4.69, 9.17) is 0 Å². The lowest BCUT2D eigenvalue weighted by Gasteiger charge is -2.12. The maximum Gasteiger partial charge on any atom is 0.269 e. The minimum absolute atomic E-state index is 0.0373. The normalized spacial score (nSPS) is 14.3. The Morgan fingerprint density at radius 2 is 1.93 bits per heavy atom. The van der Waals surface area contributed by atoms with Gasteiger partial charge < -0.3 is 9.90 Å². The predicted molar refractivity (Wildman–Crippen MR) is 53.3 cm³/mol. The van der Waals surface area contributed by atoms with Crippen molar-refractivity contribution in [1.29, 1.82) is 0 Å². The van der Waals surface area contributed by atoms with Gasteiger partial charge in [-0.15, -0.1) is 0 Å². The first-order chi connectivity index (χ1) is 7.06. The van der Waals surface area contributed by atoms with Crippen LogP contribution in [0.15, 0.2) is 24.3 Å². The second-order valence-corrected chi connectivity index (χ2v) is 3.29. The fourth-order valence-corrected chi connectivity index (χ4v) is 1.17. The number of carbonyl (C=O) groups is 1. The molecule has 0 amide bonds. The molecule has 1 aromatic rings. The topological polar surface area (TPSA) is 80.4 Å². The Balaban J connectivity index is 2.88. The first-order valence-electron chi connectivity index (χ1n) is 4.44. The van der Waals surface area contributed by atoms with Crippen LogP contribution in [0, 0.1) is 16.0 Å². The van der Waals surface area contributed by atoms with Gasteiger partial charge in [-0.1, -0.05) is 6.92 Å². The highest BCUT2D eigenvalue weighted by Crippen LogP contribution is 2.22. The van der Waals surface area contributed by atoms with E-state index in [2.05, 4.69) is 0 Å². The van der Waals surface area contributed by atoms with E-state index in [0.717, 1.165) is 0 Å². The van der Waals surface area contributed by atoms with Crippen molar-refractivity contribution in [3.05, 3.63) is 39.9 Å². The molecule has 1 rings (SSSR count). The van der Waals surface area contributed by atoms with Gasteiger partial charge in [0.1, 0.15) is 6.29 Å². The first kappa shape index (κ1) is 11.3. The van der Waals surface area contributed by atoms with Crippen molar-refractivity contribution >= 4 is 12.0 Å². The molecule has 0 fully saturated rings. The highest BCUT2D eigenvalue weighted by Gasteiger charge is 2.16. The second kappa shape index (κ2) is 4.65. The lowest BCUT2D eigenvalue weighted by atomic mass is 9.99. The summed E-state index contributed by atoms with van der Waals surface area (Å²) in [6.07, 6.45) is -0.269. The fraction of sp³-hybridized carbons (Fsp3) is 0.300. The molecule has 0 spiro atoms. The second-order valence-electron chi connectivity index (χ2n) is 3.29. The summed E-state index contributed by atoms with van der Waals surface area (Å²) in [4.78, 5) is 20.3. The van der Waals surface area contributed by atoms with Gasteiger partial charge in [0, 0.05) is 18.1 Å². The summed E-state index contributed by atoms with van der Waals surface area (Å²) in [5, 5.41) is 20.0. The van der Waals surface area contributed by atoms with Gasteiger partial charge in [0.2, 0.25) is 0 Å².